The van der Waals surface area contributed by atoms with E-state index in [2.05, 4.69) is 9.72 Å². The number of esters is 1. The Balaban J connectivity index is 2.86. The van der Waals surface area contributed by atoms with E-state index in [1.807, 2.05) is 26.2 Å². The van der Waals surface area contributed by atoms with Gasteiger partial charge >= 0.3 is 11.9 Å². The number of nitrogens with zero attached hydrogens (tertiary/aromatic N) is 1. The molecule has 0 saturated carbocycles. The highest BCUT2D eigenvalue weighted by molar-refractivity contribution is 7.09. The van der Waals surface area contributed by atoms with Gasteiger partial charge in [-0.1, -0.05) is 20.8 Å². The molecule has 0 bridgehead atoms. The number of carboxylic acids is 1. The van der Waals surface area contributed by atoms with E-state index < -0.39 is 17.9 Å². The summed E-state index contributed by atoms with van der Waals surface area (Å²) in [4.78, 5) is 26.7. The third-order valence-electron chi connectivity index (χ3n) is 2.48. The molecule has 0 radical (unpaired) electrons. The van der Waals surface area contributed by atoms with Gasteiger partial charge in [-0.05, 0) is 0 Å². The molecule has 0 aliphatic carbocycles. The highest BCUT2D eigenvalue weighted by Gasteiger charge is 2.29. The van der Waals surface area contributed by atoms with Gasteiger partial charge < -0.3 is 9.84 Å². The minimum absolute atomic E-state index is 0.0722. The van der Waals surface area contributed by atoms with E-state index in [0.29, 0.717) is 5.01 Å². The Morgan fingerprint density at radius 1 is 1.50 bits per heavy atom. The van der Waals surface area contributed by atoms with Crippen LogP contribution >= 0.6 is 11.3 Å². The number of hydrogen-bond acceptors (Lipinski definition) is 5. The number of ether oxygens (including phenoxy) is 1. The van der Waals surface area contributed by atoms with E-state index in [-0.39, 0.29) is 11.8 Å². The topological polar surface area (TPSA) is 76.5 Å². The van der Waals surface area contributed by atoms with E-state index in [0.717, 1.165) is 5.69 Å². The summed E-state index contributed by atoms with van der Waals surface area (Å²) in [6.45, 7) is 6.09. The molecule has 0 spiro atoms. The number of methoxy groups -OCH3 is 1. The van der Waals surface area contributed by atoms with Crippen LogP contribution in [0.1, 0.15) is 31.5 Å². The summed E-state index contributed by atoms with van der Waals surface area (Å²) in [6.07, 6.45) is 0.0722. The Labute approximate surface area is 110 Å². The number of carbonyl (C=O) groups is 2. The molecule has 0 aliphatic rings. The summed E-state index contributed by atoms with van der Waals surface area (Å²) in [5.74, 6) is -3.11. The number of aromatic nitrogens is 1. The third kappa shape index (κ3) is 3.53. The SMILES string of the molecule is COC(=O)C(Cc1nc(C(C)(C)C)cs1)C(=O)O. The molecule has 0 fully saturated rings. The first kappa shape index (κ1) is 14.6. The normalized spacial score (nSPS) is 13.1. The van der Waals surface area contributed by atoms with Crippen LogP contribution < -0.4 is 0 Å². The predicted octanol–water partition coefficient (Wildman–Crippen LogP) is 1.86. The lowest BCUT2D eigenvalue weighted by Crippen LogP contribution is -2.27. The van der Waals surface area contributed by atoms with Crippen LogP contribution in [0, 0.1) is 5.92 Å². The van der Waals surface area contributed by atoms with Crippen LogP contribution in [0.5, 0.6) is 0 Å². The molecule has 0 aromatic carbocycles. The highest BCUT2D eigenvalue weighted by atomic mass is 32.1. The smallest absolute Gasteiger partial charge is 0.320 e. The third-order valence-corrected chi connectivity index (χ3v) is 3.35. The molecular weight excluding hydrogens is 254 g/mol. The van der Waals surface area contributed by atoms with E-state index in [4.69, 9.17) is 5.11 Å². The van der Waals surface area contributed by atoms with Gasteiger partial charge in [-0.15, -0.1) is 11.3 Å². The molecule has 0 aliphatic heterocycles. The maximum absolute atomic E-state index is 11.3. The molecule has 1 aromatic rings. The van der Waals surface area contributed by atoms with E-state index in [1.54, 1.807) is 0 Å². The van der Waals surface area contributed by atoms with Gasteiger partial charge in [0.2, 0.25) is 0 Å². The monoisotopic (exact) mass is 271 g/mol. The van der Waals surface area contributed by atoms with Crippen molar-refractivity contribution in [2.75, 3.05) is 7.11 Å². The molecule has 1 rings (SSSR count). The average Bonchev–Trinajstić information content (AvgIpc) is 2.72. The molecule has 18 heavy (non-hydrogen) atoms. The minimum atomic E-state index is -1.19. The van der Waals surface area contributed by atoms with Gasteiger partial charge in [0.15, 0.2) is 5.92 Å². The Morgan fingerprint density at radius 3 is 2.50 bits per heavy atom. The van der Waals surface area contributed by atoms with Gasteiger partial charge in [0, 0.05) is 17.2 Å². The number of rotatable bonds is 4. The second kappa shape index (κ2) is 5.48. The maximum Gasteiger partial charge on any atom is 0.320 e. The van der Waals surface area contributed by atoms with Gasteiger partial charge in [0.1, 0.15) is 0 Å². The number of hydrogen-bond donors (Lipinski definition) is 1. The largest absolute Gasteiger partial charge is 0.481 e. The molecule has 1 aromatic heterocycles. The summed E-state index contributed by atoms with van der Waals surface area (Å²) in [5.41, 5.74) is 0.815. The maximum atomic E-state index is 11.3. The molecular formula is C12H17NO4S. The second-order valence-corrected chi connectivity index (χ2v) is 5.94. The average molecular weight is 271 g/mol. The number of carboxylic acid groups (broad SMARTS) is 1. The standard InChI is InChI=1S/C12H17NO4S/c1-12(2,3)8-6-18-9(13-8)5-7(10(14)15)11(16)17-4/h6-7H,5H2,1-4H3,(H,14,15). The molecule has 0 saturated heterocycles. The van der Waals surface area contributed by atoms with Crippen LogP contribution in [0.15, 0.2) is 5.38 Å². The summed E-state index contributed by atoms with van der Waals surface area (Å²) in [7, 11) is 1.18. The van der Waals surface area contributed by atoms with E-state index in [9.17, 15) is 9.59 Å². The lowest BCUT2D eigenvalue weighted by Gasteiger charge is -2.14. The van der Waals surface area contributed by atoms with Crippen molar-refractivity contribution in [1.82, 2.24) is 4.98 Å². The van der Waals surface area contributed by atoms with Crippen molar-refractivity contribution >= 4 is 23.3 Å². The fraction of sp³-hybridized carbons (Fsp3) is 0.583. The molecule has 6 heteroatoms. The van der Waals surface area contributed by atoms with Crippen LogP contribution in [-0.4, -0.2) is 29.1 Å². The van der Waals surface area contributed by atoms with Gasteiger partial charge in [-0.25, -0.2) is 4.98 Å². The first-order valence-electron chi connectivity index (χ1n) is 5.51. The van der Waals surface area contributed by atoms with Crippen molar-refractivity contribution in [3.05, 3.63) is 16.1 Å². The Hall–Kier alpha value is -1.43. The molecule has 1 unspecified atom stereocenters. The first-order chi connectivity index (χ1) is 8.25. The van der Waals surface area contributed by atoms with Crippen LogP contribution in [0.4, 0.5) is 0 Å². The van der Waals surface area contributed by atoms with Crippen LogP contribution in [0.2, 0.25) is 0 Å². The van der Waals surface area contributed by atoms with Crippen molar-refractivity contribution in [2.45, 2.75) is 32.6 Å². The molecule has 1 heterocycles. The van der Waals surface area contributed by atoms with Gasteiger partial charge in [0.05, 0.1) is 17.8 Å². The fourth-order valence-electron chi connectivity index (χ4n) is 1.34. The molecule has 1 atom stereocenters. The summed E-state index contributed by atoms with van der Waals surface area (Å²) >= 11 is 1.37. The molecule has 0 amide bonds. The summed E-state index contributed by atoms with van der Waals surface area (Å²) in [5, 5.41) is 11.5. The number of carbonyl (C=O) groups excluding carboxylic acids is 1. The predicted molar refractivity (Wildman–Crippen MR) is 67.7 cm³/mol. The lowest BCUT2D eigenvalue weighted by molar-refractivity contribution is -0.156. The highest BCUT2D eigenvalue weighted by Crippen LogP contribution is 2.25. The lowest BCUT2D eigenvalue weighted by atomic mass is 9.93. The summed E-state index contributed by atoms with van der Waals surface area (Å²) in [6, 6.07) is 0. The van der Waals surface area contributed by atoms with Crippen LogP contribution in [-0.2, 0) is 26.2 Å². The Morgan fingerprint density at radius 2 is 2.11 bits per heavy atom. The van der Waals surface area contributed by atoms with Crippen molar-refractivity contribution in [3.8, 4) is 0 Å². The van der Waals surface area contributed by atoms with Gasteiger partial charge in [-0.2, -0.15) is 0 Å². The van der Waals surface area contributed by atoms with E-state index in [1.165, 1.54) is 18.4 Å². The molecule has 100 valence electrons. The first-order valence-corrected chi connectivity index (χ1v) is 6.39. The van der Waals surface area contributed by atoms with Crippen molar-refractivity contribution in [2.24, 2.45) is 5.92 Å². The zero-order chi connectivity index (χ0) is 13.9. The van der Waals surface area contributed by atoms with Crippen LogP contribution in [0.3, 0.4) is 0 Å². The Bertz CT molecular complexity index is 447. The zero-order valence-corrected chi connectivity index (χ0v) is 11.7. The minimum Gasteiger partial charge on any atom is -0.481 e. The summed E-state index contributed by atoms with van der Waals surface area (Å²) < 4.78 is 4.48. The van der Waals surface area contributed by atoms with Crippen LogP contribution in [0.25, 0.3) is 0 Å². The van der Waals surface area contributed by atoms with Crippen molar-refractivity contribution in [3.63, 3.8) is 0 Å². The molecule has 1 N–H and O–H groups in total. The van der Waals surface area contributed by atoms with Crippen molar-refractivity contribution < 1.29 is 19.4 Å². The zero-order valence-electron chi connectivity index (χ0n) is 10.9. The molecule has 5 nitrogen and oxygen atoms in total. The Kier molecular flexibility index (Phi) is 4.45. The van der Waals surface area contributed by atoms with Gasteiger partial charge in [0.25, 0.3) is 0 Å². The second-order valence-electron chi connectivity index (χ2n) is 4.99. The van der Waals surface area contributed by atoms with Crippen molar-refractivity contribution in [1.29, 1.82) is 0 Å². The van der Waals surface area contributed by atoms with E-state index >= 15 is 0 Å². The van der Waals surface area contributed by atoms with Gasteiger partial charge in [-0.3, -0.25) is 9.59 Å². The quantitative estimate of drug-likeness (QED) is 0.668. The fourth-order valence-corrected chi connectivity index (χ4v) is 2.41. The number of thiazole rings is 1. The number of aliphatic carboxylic acids is 1.